The number of benzene rings is 1. The Hall–Kier alpha value is -2.89. The lowest BCUT2D eigenvalue weighted by Gasteiger charge is -2.27. The van der Waals surface area contributed by atoms with Gasteiger partial charge in [0.25, 0.3) is 0 Å². The Kier molecular flexibility index (Phi) is 5.79. The van der Waals surface area contributed by atoms with Crippen LogP contribution in [0.3, 0.4) is 0 Å². The molecule has 0 atom stereocenters. The summed E-state index contributed by atoms with van der Waals surface area (Å²) >= 11 is 4.69. The lowest BCUT2D eigenvalue weighted by atomic mass is 10.0. The summed E-state index contributed by atoms with van der Waals surface area (Å²) in [5, 5.41) is 22.6. The number of piperidine rings is 1. The highest BCUT2D eigenvalue weighted by Crippen LogP contribution is 2.36. The summed E-state index contributed by atoms with van der Waals surface area (Å²) in [4.78, 5) is 2.87. The molecule has 0 radical (unpaired) electrons. The maximum atomic E-state index is 9.51. The molecule has 1 aromatic carbocycles. The van der Waals surface area contributed by atoms with E-state index in [1.165, 1.54) is 6.42 Å². The van der Waals surface area contributed by atoms with Crippen LogP contribution >= 0.6 is 12.6 Å². The fraction of sp³-hybridized carbons (Fsp3) is 0.333. The first-order chi connectivity index (χ1) is 14.2. The first-order valence-corrected chi connectivity index (χ1v) is 10.2. The number of hydrogen-bond acceptors (Lipinski definition) is 7. The van der Waals surface area contributed by atoms with Crippen molar-refractivity contribution in [2.24, 2.45) is 5.73 Å². The molecule has 1 saturated heterocycles. The zero-order valence-corrected chi connectivity index (χ0v) is 17.0. The third-order valence-corrected chi connectivity index (χ3v) is 5.67. The molecule has 1 aliphatic heterocycles. The van der Waals surface area contributed by atoms with Gasteiger partial charge in [-0.15, -0.1) is 17.7 Å². The molecule has 2 aromatic heterocycles. The summed E-state index contributed by atoms with van der Waals surface area (Å²) in [5.41, 5.74) is 9.78. The van der Waals surface area contributed by atoms with Gasteiger partial charge in [-0.3, -0.25) is 0 Å². The third-order valence-electron chi connectivity index (χ3n) is 5.20. The number of anilines is 1. The topological polar surface area (TPSA) is 96.6 Å². The van der Waals surface area contributed by atoms with Crippen LogP contribution < -0.4 is 10.6 Å². The van der Waals surface area contributed by atoms with Gasteiger partial charge in [0.1, 0.15) is 6.07 Å². The van der Waals surface area contributed by atoms with Crippen LogP contribution in [0.2, 0.25) is 0 Å². The molecule has 0 unspecified atom stereocenters. The molecule has 3 aromatic rings. The van der Waals surface area contributed by atoms with E-state index in [9.17, 15) is 5.26 Å². The monoisotopic (exact) mass is 405 g/mol. The van der Waals surface area contributed by atoms with Crippen molar-refractivity contribution in [2.75, 3.05) is 24.5 Å². The van der Waals surface area contributed by atoms with E-state index in [0.717, 1.165) is 60.5 Å². The second-order valence-corrected chi connectivity index (χ2v) is 7.60. The minimum atomic E-state index is 0.512. The smallest absolute Gasteiger partial charge is 0.151 e. The van der Waals surface area contributed by atoms with E-state index < -0.39 is 0 Å². The Labute approximate surface area is 175 Å². The van der Waals surface area contributed by atoms with Crippen molar-refractivity contribution >= 4 is 18.4 Å². The number of nitriles is 1. The maximum Gasteiger partial charge on any atom is 0.151 e. The second-order valence-electron chi connectivity index (χ2n) is 7.15. The summed E-state index contributed by atoms with van der Waals surface area (Å²) in [6, 6.07) is 7.91. The lowest BCUT2D eigenvalue weighted by Crippen LogP contribution is -2.30. The van der Waals surface area contributed by atoms with Crippen molar-refractivity contribution in [3.05, 3.63) is 47.9 Å². The van der Waals surface area contributed by atoms with Gasteiger partial charge in [0.15, 0.2) is 5.82 Å². The van der Waals surface area contributed by atoms with Crippen LogP contribution in [0.25, 0.3) is 16.8 Å². The van der Waals surface area contributed by atoms with Gasteiger partial charge in [0.2, 0.25) is 0 Å². The molecule has 7 nitrogen and oxygen atoms in total. The van der Waals surface area contributed by atoms with E-state index >= 15 is 0 Å². The van der Waals surface area contributed by atoms with Crippen LogP contribution in [0.1, 0.15) is 30.4 Å². The number of nitrogens with two attached hydrogens (primary N) is 1. The van der Waals surface area contributed by atoms with Crippen LogP contribution in [-0.2, 0) is 6.42 Å². The molecule has 0 spiro atoms. The molecule has 8 heteroatoms. The van der Waals surface area contributed by atoms with Gasteiger partial charge in [-0.2, -0.15) is 15.5 Å². The predicted octanol–water partition coefficient (Wildman–Crippen LogP) is 2.98. The first kappa shape index (κ1) is 19.4. The molecule has 1 aliphatic rings. The molecule has 148 valence electrons. The molecule has 0 saturated carbocycles. The average molecular weight is 406 g/mol. The predicted molar refractivity (Wildman–Crippen MR) is 115 cm³/mol. The fourth-order valence-electron chi connectivity index (χ4n) is 3.70. The Balaban J connectivity index is 1.82. The fourth-order valence-corrected chi connectivity index (χ4v) is 4.07. The van der Waals surface area contributed by atoms with Gasteiger partial charge >= 0.3 is 0 Å². The molecule has 2 N–H and O–H groups in total. The second kappa shape index (κ2) is 8.64. The maximum absolute atomic E-state index is 9.51. The highest BCUT2D eigenvalue weighted by atomic mass is 32.1. The van der Waals surface area contributed by atoms with Crippen molar-refractivity contribution in [3.63, 3.8) is 0 Å². The molecular formula is C21H23N7S. The van der Waals surface area contributed by atoms with Gasteiger partial charge in [0, 0.05) is 35.3 Å². The van der Waals surface area contributed by atoms with E-state index in [-0.39, 0.29) is 0 Å². The molecular weight excluding hydrogens is 382 g/mol. The van der Waals surface area contributed by atoms with Gasteiger partial charge in [-0.05, 0) is 56.0 Å². The minimum Gasteiger partial charge on any atom is -0.355 e. The molecule has 1 fully saturated rings. The SMILES string of the molecule is N#Cc1ccc(-n2cc(CCN)cn2)c(-c2cnnc(N3CCCCC3)c2)c1S. The van der Waals surface area contributed by atoms with E-state index in [2.05, 4.69) is 38.9 Å². The first-order valence-electron chi connectivity index (χ1n) is 9.79. The van der Waals surface area contributed by atoms with Crippen LogP contribution in [-0.4, -0.2) is 39.6 Å². The highest BCUT2D eigenvalue weighted by molar-refractivity contribution is 7.80. The zero-order valence-electron chi connectivity index (χ0n) is 16.1. The van der Waals surface area contributed by atoms with Crippen LogP contribution in [0.5, 0.6) is 0 Å². The largest absolute Gasteiger partial charge is 0.355 e. The van der Waals surface area contributed by atoms with Crippen molar-refractivity contribution < 1.29 is 0 Å². The standard InChI is InChI=1S/C21H23N7S/c22-7-6-15-12-25-28(14-15)18-5-4-16(11-23)21(29)20(18)17-10-19(26-24-13-17)27-8-2-1-3-9-27/h4-5,10,12-14,29H,1-3,6-9,22H2. The third kappa shape index (κ3) is 3.97. The summed E-state index contributed by atoms with van der Waals surface area (Å²) < 4.78 is 1.81. The number of thiol groups is 1. The Bertz CT molecular complexity index is 1050. The Morgan fingerprint density at radius 3 is 2.76 bits per heavy atom. The summed E-state index contributed by atoms with van der Waals surface area (Å²) in [6.45, 7) is 2.54. The van der Waals surface area contributed by atoms with Crippen LogP contribution in [0, 0.1) is 11.3 Å². The summed E-state index contributed by atoms with van der Waals surface area (Å²) in [5.74, 6) is 0.854. The van der Waals surface area contributed by atoms with E-state index in [4.69, 9.17) is 5.73 Å². The molecule has 4 rings (SSSR count). The normalized spacial score (nSPS) is 14.0. The molecule has 0 amide bonds. The van der Waals surface area contributed by atoms with Crippen LogP contribution in [0.4, 0.5) is 5.82 Å². The van der Waals surface area contributed by atoms with E-state index in [1.807, 2.05) is 29.2 Å². The zero-order chi connectivity index (χ0) is 20.2. The summed E-state index contributed by atoms with van der Waals surface area (Å²) in [6.07, 6.45) is 9.84. The Morgan fingerprint density at radius 1 is 1.17 bits per heavy atom. The molecule has 29 heavy (non-hydrogen) atoms. The van der Waals surface area contributed by atoms with Crippen molar-refractivity contribution in [3.8, 4) is 22.9 Å². The summed E-state index contributed by atoms with van der Waals surface area (Å²) in [7, 11) is 0. The van der Waals surface area contributed by atoms with E-state index in [1.54, 1.807) is 12.3 Å². The van der Waals surface area contributed by atoms with Crippen molar-refractivity contribution in [1.29, 1.82) is 5.26 Å². The lowest BCUT2D eigenvalue weighted by molar-refractivity contribution is 0.571. The number of hydrogen-bond donors (Lipinski definition) is 2. The minimum absolute atomic E-state index is 0.512. The number of nitrogens with zero attached hydrogens (tertiary/aromatic N) is 6. The van der Waals surface area contributed by atoms with Gasteiger partial charge < -0.3 is 10.6 Å². The molecule has 3 heterocycles. The molecule has 0 bridgehead atoms. The Morgan fingerprint density at radius 2 is 2.00 bits per heavy atom. The van der Waals surface area contributed by atoms with Gasteiger partial charge in [-0.1, -0.05) is 0 Å². The van der Waals surface area contributed by atoms with E-state index in [0.29, 0.717) is 17.0 Å². The number of aromatic nitrogens is 4. The van der Waals surface area contributed by atoms with Crippen LogP contribution in [0.15, 0.2) is 41.7 Å². The highest BCUT2D eigenvalue weighted by Gasteiger charge is 2.19. The number of rotatable bonds is 5. The van der Waals surface area contributed by atoms with Crippen molar-refractivity contribution in [2.45, 2.75) is 30.6 Å². The van der Waals surface area contributed by atoms with Gasteiger partial charge in [-0.25, -0.2) is 4.68 Å². The average Bonchev–Trinajstić information content (AvgIpc) is 3.23. The van der Waals surface area contributed by atoms with Gasteiger partial charge in [0.05, 0.1) is 23.6 Å². The van der Waals surface area contributed by atoms with Crippen molar-refractivity contribution in [1.82, 2.24) is 20.0 Å². The quantitative estimate of drug-likeness (QED) is 0.634. The molecule has 0 aliphatic carbocycles.